The second kappa shape index (κ2) is 8.10. The molecule has 0 saturated heterocycles. The summed E-state index contributed by atoms with van der Waals surface area (Å²) in [6.45, 7) is 0. The number of carbonyl (C=O) groups is 4. The Morgan fingerprint density at radius 3 is 1.32 bits per heavy atom. The van der Waals surface area contributed by atoms with E-state index < -0.39 is 11.8 Å². The molecule has 1 aromatic heterocycles. The largest absolute Gasteiger partial charge is 0.293 e. The number of rotatable bonds is 2. The third-order valence-electron chi connectivity index (χ3n) is 8.26. The number of ketones is 4. The Bertz CT molecular complexity index is 2050. The fourth-order valence-corrected chi connectivity index (χ4v) is 6.29. The van der Waals surface area contributed by atoms with E-state index in [2.05, 4.69) is 0 Å². The molecule has 5 heteroatoms. The summed E-state index contributed by atoms with van der Waals surface area (Å²) in [6, 6.07) is 31.2. The van der Waals surface area contributed by atoms with Gasteiger partial charge in [-0.05, 0) is 57.4 Å². The molecular formula is C35H19NO4. The van der Waals surface area contributed by atoms with E-state index in [4.69, 9.17) is 4.98 Å². The second-order valence-electron chi connectivity index (χ2n) is 10.5. The number of hydrogen-bond acceptors (Lipinski definition) is 5. The van der Waals surface area contributed by atoms with Gasteiger partial charge in [0.05, 0.1) is 11.2 Å². The van der Waals surface area contributed by atoms with Crippen LogP contribution in [0.5, 0.6) is 0 Å². The van der Waals surface area contributed by atoms with Crippen molar-refractivity contribution in [3.63, 3.8) is 0 Å². The lowest BCUT2D eigenvalue weighted by Crippen LogP contribution is -2.16. The van der Waals surface area contributed by atoms with Crippen LogP contribution < -0.4 is 0 Å². The Hall–Kier alpha value is -5.29. The van der Waals surface area contributed by atoms with E-state index in [0.29, 0.717) is 39.0 Å². The van der Waals surface area contributed by atoms with Gasteiger partial charge in [-0.15, -0.1) is 0 Å². The number of hydrogen-bond donors (Lipinski definition) is 0. The van der Waals surface area contributed by atoms with Crippen molar-refractivity contribution in [3.8, 4) is 0 Å². The van der Waals surface area contributed by atoms with Gasteiger partial charge in [0.1, 0.15) is 11.8 Å². The lowest BCUT2D eigenvalue weighted by molar-refractivity contribution is 0.0872. The number of carbonyl (C=O) groups excluding carboxylic acids is 4. The Morgan fingerprint density at radius 2 is 0.850 bits per heavy atom. The third-order valence-corrected chi connectivity index (χ3v) is 8.26. The van der Waals surface area contributed by atoms with Gasteiger partial charge in [-0.2, -0.15) is 0 Å². The summed E-state index contributed by atoms with van der Waals surface area (Å²) in [6.07, 6.45) is 0. The molecule has 5 aromatic carbocycles. The molecule has 0 radical (unpaired) electrons. The van der Waals surface area contributed by atoms with E-state index in [1.165, 1.54) is 0 Å². The number of aromatic nitrogens is 1. The molecule has 2 aliphatic rings. The zero-order valence-electron chi connectivity index (χ0n) is 21.0. The van der Waals surface area contributed by atoms with Crippen LogP contribution in [0, 0.1) is 0 Å². The van der Waals surface area contributed by atoms with E-state index in [-0.39, 0.29) is 23.1 Å². The van der Waals surface area contributed by atoms with Gasteiger partial charge in [0.2, 0.25) is 0 Å². The highest BCUT2D eigenvalue weighted by atomic mass is 16.2. The van der Waals surface area contributed by atoms with Crippen molar-refractivity contribution in [3.05, 3.63) is 137 Å². The topological polar surface area (TPSA) is 81.2 Å². The Labute approximate surface area is 228 Å². The fourth-order valence-electron chi connectivity index (χ4n) is 6.29. The van der Waals surface area contributed by atoms with E-state index in [9.17, 15) is 19.2 Å². The summed E-state index contributed by atoms with van der Waals surface area (Å²) in [5.74, 6) is -3.21. The highest BCUT2D eigenvalue weighted by Crippen LogP contribution is 2.40. The Balaban J connectivity index is 1.25. The van der Waals surface area contributed by atoms with Gasteiger partial charge in [0, 0.05) is 27.6 Å². The monoisotopic (exact) mass is 517 g/mol. The molecule has 188 valence electrons. The van der Waals surface area contributed by atoms with Gasteiger partial charge in [-0.3, -0.25) is 24.2 Å². The molecule has 0 unspecified atom stereocenters. The first-order valence-corrected chi connectivity index (χ1v) is 13.1. The van der Waals surface area contributed by atoms with Crippen LogP contribution in [0.25, 0.3) is 32.4 Å². The SMILES string of the molecule is O=C1c2cc3ccccc3cc2C(=O)C1c1ccc2cccc(C3C(=O)c4cc5ccccc5cc4C3=O)c2n1. The molecule has 8 rings (SSSR count). The van der Waals surface area contributed by atoms with Crippen molar-refractivity contribution in [2.24, 2.45) is 0 Å². The lowest BCUT2D eigenvalue weighted by atomic mass is 9.91. The second-order valence-corrected chi connectivity index (χ2v) is 10.5. The summed E-state index contributed by atoms with van der Waals surface area (Å²) < 4.78 is 0. The molecule has 0 N–H and O–H groups in total. The van der Waals surface area contributed by atoms with Gasteiger partial charge in [-0.1, -0.05) is 72.8 Å². The number of benzene rings is 5. The van der Waals surface area contributed by atoms with Gasteiger partial charge < -0.3 is 0 Å². The van der Waals surface area contributed by atoms with E-state index in [1.54, 1.807) is 48.5 Å². The van der Waals surface area contributed by atoms with Gasteiger partial charge in [0.25, 0.3) is 0 Å². The molecule has 1 heterocycles. The van der Waals surface area contributed by atoms with Crippen LogP contribution in [-0.2, 0) is 0 Å². The van der Waals surface area contributed by atoms with Gasteiger partial charge >= 0.3 is 0 Å². The molecule has 0 fully saturated rings. The normalized spacial score (nSPS) is 15.5. The first-order chi connectivity index (χ1) is 19.5. The van der Waals surface area contributed by atoms with E-state index in [0.717, 1.165) is 26.9 Å². The highest BCUT2D eigenvalue weighted by molar-refractivity contribution is 6.32. The summed E-state index contributed by atoms with van der Waals surface area (Å²) in [7, 11) is 0. The van der Waals surface area contributed by atoms with Crippen molar-refractivity contribution in [1.29, 1.82) is 0 Å². The number of fused-ring (bicyclic) bond motifs is 5. The predicted octanol–water partition coefficient (Wildman–Crippen LogP) is 6.87. The molecule has 0 spiro atoms. The van der Waals surface area contributed by atoms with Crippen LogP contribution in [0.2, 0.25) is 0 Å². The van der Waals surface area contributed by atoms with Crippen LogP contribution in [0.3, 0.4) is 0 Å². The zero-order chi connectivity index (χ0) is 27.1. The average molecular weight is 518 g/mol. The summed E-state index contributed by atoms with van der Waals surface area (Å²) in [5, 5.41) is 4.30. The van der Waals surface area contributed by atoms with Crippen molar-refractivity contribution in [2.45, 2.75) is 11.8 Å². The standard InChI is InChI=1S/C35H19NO4/c37-32-24-14-19-6-1-2-7-20(19)15-25(24)33(38)29(32)23-11-5-10-18-12-13-28(36-31(18)23)30-34(39)26-16-21-8-3-4-9-22(21)17-27(26)35(30)40/h1-17,29-30H. The zero-order valence-corrected chi connectivity index (χ0v) is 21.0. The molecular weight excluding hydrogens is 498 g/mol. The first kappa shape index (κ1) is 22.7. The third kappa shape index (κ3) is 3.06. The molecule has 40 heavy (non-hydrogen) atoms. The minimum atomic E-state index is -1.07. The molecule has 0 saturated carbocycles. The molecule has 0 aliphatic heterocycles. The van der Waals surface area contributed by atoms with Crippen LogP contribution in [-0.4, -0.2) is 28.1 Å². The Kier molecular flexibility index (Phi) is 4.59. The summed E-state index contributed by atoms with van der Waals surface area (Å²) >= 11 is 0. The van der Waals surface area contributed by atoms with Crippen molar-refractivity contribution in [2.75, 3.05) is 0 Å². The number of pyridine rings is 1. The van der Waals surface area contributed by atoms with Crippen molar-refractivity contribution >= 4 is 55.6 Å². The molecule has 2 aliphatic carbocycles. The summed E-state index contributed by atoms with van der Waals surface area (Å²) in [4.78, 5) is 59.1. The maximum absolute atomic E-state index is 13.6. The van der Waals surface area contributed by atoms with Gasteiger partial charge in [0.15, 0.2) is 23.1 Å². The summed E-state index contributed by atoms with van der Waals surface area (Å²) in [5.41, 5.74) is 2.86. The maximum Gasteiger partial charge on any atom is 0.180 e. The minimum absolute atomic E-state index is 0.266. The van der Waals surface area contributed by atoms with Crippen molar-refractivity contribution in [1.82, 2.24) is 4.98 Å². The van der Waals surface area contributed by atoms with Gasteiger partial charge in [-0.25, -0.2) is 0 Å². The number of Topliss-reactive ketones (excluding diaryl/α,β-unsaturated/α-hetero) is 4. The van der Waals surface area contributed by atoms with E-state index in [1.807, 2.05) is 54.6 Å². The van der Waals surface area contributed by atoms with Crippen LogP contribution in [0.1, 0.15) is 64.5 Å². The van der Waals surface area contributed by atoms with E-state index >= 15 is 0 Å². The first-order valence-electron chi connectivity index (χ1n) is 13.1. The highest BCUT2D eigenvalue weighted by Gasteiger charge is 2.43. The quantitative estimate of drug-likeness (QED) is 0.234. The average Bonchev–Trinajstić information content (AvgIpc) is 3.37. The van der Waals surface area contributed by atoms with Crippen LogP contribution in [0.4, 0.5) is 0 Å². The fraction of sp³-hybridized carbons (Fsp3) is 0.0571. The number of nitrogens with zero attached hydrogens (tertiary/aromatic N) is 1. The maximum atomic E-state index is 13.6. The molecule has 0 atom stereocenters. The Morgan fingerprint density at radius 1 is 0.425 bits per heavy atom. The number of para-hydroxylation sites is 1. The molecule has 0 amide bonds. The minimum Gasteiger partial charge on any atom is -0.293 e. The smallest absolute Gasteiger partial charge is 0.180 e. The predicted molar refractivity (Wildman–Crippen MR) is 152 cm³/mol. The van der Waals surface area contributed by atoms with Crippen LogP contribution in [0.15, 0.2) is 103 Å². The molecule has 0 bridgehead atoms. The lowest BCUT2D eigenvalue weighted by Gasteiger charge is -2.13. The van der Waals surface area contributed by atoms with Crippen molar-refractivity contribution < 1.29 is 19.2 Å². The molecule has 5 nitrogen and oxygen atoms in total. The van der Waals surface area contributed by atoms with Crippen LogP contribution >= 0.6 is 0 Å². The molecule has 6 aromatic rings.